The minimum Gasteiger partial charge on any atom is -0.501 e. The van der Waals surface area contributed by atoms with Gasteiger partial charge >= 0.3 is 0 Å². The van der Waals surface area contributed by atoms with Crippen molar-refractivity contribution < 1.29 is 31.8 Å². The molecule has 1 aromatic carbocycles. The van der Waals surface area contributed by atoms with Gasteiger partial charge in [0.05, 0.1) is 5.75 Å². The van der Waals surface area contributed by atoms with Crippen LogP contribution in [0.5, 0.6) is 0 Å². The van der Waals surface area contributed by atoms with Crippen LogP contribution in [0.2, 0.25) is 0 Å². The second-order valence-electron chi connectivity index (χ2n) is 5.23. The summed E-state index contributed by atoms with van der Waals surface area (Å²) >= 11 is 3.09. The first kappa shape index (κ1) is 18.7. The predicted molar refractivity (Wildman–Crippen MR) is 84.8 cm³/mol. The van der Waals surface area contributed by atoms with Crippen LogP contribution < -0.4 is 4.72 Å². The summed E-state index contributed by atoms with van der Waals surface area (Å²) in [5.74, 6) is -5.09. The molecule has 0 saturated carbocycles. The van der Waals surface area contributed by atoms with E-state index >= 15 is 0 Å². The van der Waals surface area contributed by atoms with Crippen molar-refractivity contribution in [2.45, 2.75) is 18.9 Å². The molecule has 0 bridgehead atoms. The number of carbonyl (C=O) groups is 1. The molecule has 0 radical (unpaired) electrons. The number of hydrogen-bond acceptors (Lipinski definition) is 5. The Hall–Kier alpha value is -1.68. The Morgan fingerprint density at radius 1 is 1.33 bits per heavy atom. The van der Waals surface area contributed by atoms with E-state index in [9.17, 15) is 27.1 Å². The average molecular weight is 426 g/mol. The summed E-state index contributed by atoms with van der Waals surface area (Å²) in [6, 6.07) is 2.68. The second-order valence-corrected chi connectivity index (χ2v) is 7.87. The molecule has 0 spiro atoms. The Morgan fingerprint density at radius 2 is 2.00 bits per heavy atom. The molecule has 1 unspecified atom stereocenters. The van der Waals surface area contributed by atoms with E-state index in [-0.39, 0.29) is 11.3 Å². The summed E-state index contributed by atoms with van der Waals surface area (Å²) in [6.45, 7) is 1.22. The molecular formula is C14H14BrF2NO5S. The highest BCUT2D eigenvalue weighted by atomic mass is 79.9. The molecule has 1 aliphatic heterocycles. The first-order chi connectivity index (χ1) is 11.1. The standard InChI is InChI=1S/C14H14BrF2NO5S/c1-14(8-3-4-9(16)10(17)7-8)12(20)11(19)13(23-14)18-24(21,22)6-2-5-15/h3-4,7,18-19H,2,5-6H2,1H3. The molecule has 0 aromatic heterocycles. The number of alkyl halides is 1. The van der Waals surface area contributed by atoms with Crippen molar-refractivity contribution in [3.05, 3.63) is 47.0 Å². The maximum atomic E-state index is 13.4. The Labute approximate surface area is 145 Å². The first-order valence-electron chi connectivity index (χ1n) is 6.80. The maximum Gasteiger partial charge on any atom is 0.250 e. The summed E-state index contributed by atoms with van der Waals surface area (Å²) < 4.78 is 57.4. The van der Waals surface area contributed by atoms with Gasteiger partial charge in [-0.05, 0) is 25.5 Å². The van der Waals surface area contributed by atoms with Crippen LogP contribution in [0.15, 0.2) is 29.8 Å². The summed E-state index contributed by atoms with van der Waals surface area (Å²) in [6.07, 6.45) is 0.303. The van der Waals surface area contributed by atoms with Gasteiger partial charge in [0.15, 0.2) is 17.2 Å². The lowest BCUT2D eigenvalue weighted by molar-refractivity contribution is -0.131. The Morgan fingerprint density at radius 3 is 2.58 bits per heavy atom. The van der Waals surface area contributed by atoms with Crippen molar-refractivity contribution in [1.29, 1.82) is 0 Å². The highest BCUT2D eigenvalue weighted by Crippen LogP contribution is 2.37. The zero-order chi connectivity index (χ0) is 18.1. The number of ketones is 1. The number of Topliss-reactive ketones (excluding diaryl/α,β-unsaturated/α-hetero) is 1. The van der Waals surface area contributed by atoms with Gasteiger partial charge in [-0.15, -0.1) is 0 Å². The van der Waals surface area contributed by atoms with Gasteiger partial charge in [0.1, 0.15) is 0 Å². The van der Waals surface area contributed by atoms with Crippen LogP contribution in [0, 0.1) is 11.6 Å². The average Bonchev–Trinajstić information content (AvgIpc) is 2.72. The first-order valence-corrected chi connectivity index (χ1v) is 9.57. The van der Waals surface area contributed by atoms with Crippen molar-refractivity contribution in [2.24, 2.45) is 0 Å². The van der Waals surface area contributed by atoms with E-state index in [0.29, 0.717) is 11.8 Å². The summed E-state index contributed by atoms with van der Waals surface area (Å²) in [5, 5.41) is 10.3. The fourth-order valence-electron chi connectivity index (χ4n) is 2.12. The van der Waals surface area contributed by atoms with E-state index < -0.39 is 44.7 Å². The predicted octanol–water partition coefficient (Wildman–Crippen LogP) is 2.21. The van der Waals surface area contributed by atoms with Gasteiger partial charge in [0, 0.05) is 10.9 Å². The highest BCUT2D eigenvalue weighted by molar-refractivity contribution is 9.09. The van der Waals surface area contributed by atoms with Crippen LogP contribution in [-0.4, -0.2) is 30.4 Å². The van der Waals surface area contributed by atoms with Crippen molar-refractivity contribution >= 4 is 31.7 Å². The number of aliphatic hydroxyl groups excluding tert-OH is 1. The molecule has 0 aliphatic carbocycles. The quantitative estimate of drug-likeness (QED) is 0.681. The van der Waals surface area contributed by atoms with E-state index in [1.165, 1.54) is 6.92 Å². The topological polar surface area (TPSA) is 92.7 Å². The molecule has 1 aromatic rings. The van der Waals surface area contributed by atoms with Crippen LogP contribution in [0.3, 0.4) is 0 Å². The van der Waals surface area contributed by atoms with Crippen LogP contribution in [0.1, 0.15) is 18.9 Å². The number of nitrogens with one attached hydrogen (secondary N) is 1. The molecule has 6 nitrogen and oxygen atoms in total. The Balaban J connectivity index is 2.30. The zero-order valence-corrected chi connectivity index (χ0v) is 14.9. The van der Waals surface area contributed by atoms with Gasteiger partial charge in [-0.3, -0.25) is 9.52 Å². The van der Waals surface area contributed by atoms with Gasteiger partial charge in [-0.1, -0.05) is 22.0 Å². The van der Waals surface area contributed by atoms with Crippen LogP contribution in [0.25, 0.3) is 0 Å². The van der Waals surface area contributed by atoms with Gasteiger partial charge in [0.2, 0.25) is 21.7 Å². The van der Waals surface area contributed by atoms with Crippen molar-refractivity contribution in [3.8, 4) is 0 Å². The minimum atomic E-state index is -3.84. The maximum absolute atomic E-state index is 13.4. The van der Waals surface area contributed by atoms with Gasteiger partial charge < -0.3 is 9.84 Å². The Kier molecular flexibility index (Phi) is 5.19. The van der Waals surface area contributed by atoms with E-state index in [1.54, 1.807) is 0 Å². The van der Waals surface area contributed by atoms with E-state index in [0.717, 1.165) is 18.2 Å². The number of aliphatic hydroxyl groups is 1. The van der Waals surface area contributed by atoms with Gasteiger partial charge in [-0.25, -0.2) is 17.2 Å². The van der Waals surface area contributed by atoms with Crippen molar-refractivity contribution in [3.63, 3.8) is 0 Å². The number of hydrogen-bond donors (Lipinski definition) is 2. The molecule has 1 aliphatic rings. The molecule has 0 fully saturated rings. The van der Waals surface area contributed by atoms with Crippen LogP contribution in [-0.2, 0) is 25.2 Å². The number of sulfonamides is 1. The van der Waals surface area contributed by atoms with Gasteiger partial charge in [0.25, 0.3) is 5.78 Å². The molecule has 10 heteroatoms. The number of ether oxygens (including phenoxy) is 1. The summed E-state index contributed by atoms with van der Waals surface area (Å²) in [4.78, 5) is 12.2. The molecule has 0 saturated heterocycles. The number of carbonyl (C=O) groups excluding carboxylic acids is 1. The SMILES string of the molecule is CC1(c2ccc(F)c(F)c2)OC(NS(=O)(=O)CCCBr)=C(O)C1=O. The molecular weight excluding hydrogens is 412 g/mol. The van der Waals surface area contributed by atoms with Crippen LogP contribution >= 0.6 is 15.9 Å². The summed E-state index contributed by atoms with van der Waals surface area (Å²) in [5.41, 5.74) is -1.93. The zero-order valence-electron chi connectivity index (χ0n) is 12.5. The number of rotatable bonds is 6. The fourth-order valence-corrected chi connectivity index (χ4v) is 3.82. The second kappa shape index (κ2) is 6.67. The van der Waals surface area contributed by atoms with Crippen molar-refractivity contribution in [2.75, 3.05) is 11.1 Å². The monoisotopic (exact) mass is 425 g/mol. The minimum absolute atomic E-state index is 0.0624. The summed E-state index contributed by atoms with van der Waals surface area (Å²) in [7, 11) is -3.84. The molecule has 24 heavy (non-hydrogen) atoms. The molecule has 132 valence electrons. The number of benzene rings is 1. The molecule has 0 amide bonds. The number of halogens is 3. The smallest absolute Gasteiger partial charge is 0.250 e. The highest BCUT2D eigenvalue weighted by Gasteiger charge is 2.49. The third-order valence-electron chi connectivity index (χ3n) is 3.43. The third-order valence-corrected chi connectivity index (χ3v) is 5.32. The molecule has 1 heterocycles. The lowest BCUT2D eigenvalue weighted by atomic mass is 9.91. The van der Waals surface area contributed by atoms with E-state index in [4.69, 9.17) is 4.74 Å². The van der Waals surface area contributed by atoms with Crippen molar-refractivity contribution in [1.82, 2.24) is 4.72 Å². The van der Waals surface area contributed by atoms with E-state index in [2.05, 4.69) is 15.9 Å². The Bertz CT molecular complexity index is 811. The lowest BCUT2D eigenvalue weighted by Gasteiger charge is -2.23. The lowest BCUT2D eigenvalue weighted by Crippen LogP contribution is -2.33. The fraction of sp³-hybridized carbons (Fsp3) is 0.357. The normalized spacial score (nSPS) is 21.1. The van der Waals surface area contributed by atoms with Crippen LogP contribution in [0.4, 0.5) is 8.78 Å². The van der Waals surface area contributed by atoms with E-state index in [1.807, 2.05) is 4.72 Å². The largest absolute Gasteiger partial charge is 0.501 e. The molecule has 1 atom stereocenters. The third kappa shape index (κ3) is 3.54. The molecule has 2 rings (SSSR count). The van der Waals surface area contributed by atoms with Gasteiger partial charge in [-0.2, -0.15) is 0 Å². The molecule has 2 N–H and O–H groups in total.